The van der Waals surface area contributed by atoms with Crippen molar-refractivity contribution >= 4 is 23.5 Å². The lowest BCUT2D eigenvalue weighted by atomic mass is 10.1. The molecule has 4 nitrogen and oxygen atoms in total. The number of hydrogen-bond acceptors (Lipinski definition) is 5. The average molecular weight is 345 g/mol. The standard InChI is InChI=1S/C17H19N3OS2/c1-3-4-5-9-23-13-8-6-7-12(10-13)15-14(11-18)16(21)20-17(19-15)22-2/h6-8,10H,3-5,9H2,1-2H3,(H,19,20,21). The van der Waals surface area contributed by atoms with Gasteiger partial charge in [-0.25, -0.2) is 4.98 Å². The van der Waals surface area contributed by atoms with E-state index in [1.54, 1.807) is 11.8 Å². The number of benzene rings is 1. The van der Waals surface area contributed by atoms with Crippen molar-refractivity contribution in [1.82, 2.24) is 9.97 Å². The van der Waals surface area contributed by atoms with Gasteiger partial charge in [0, 0.05) is 10.5 Å². The molecule has 0 bridgehead atoms. The summed E-state index contributed by atoms with van der Waals surface area (Å²) in [6.45, 7) is 2.19. The van der Waals surface area contributed by atoms with Crippen LogP contribution in [0.4, 0.5) is 0 Å². The Labute approximate surface area is 144 Å². The number of aromatic nitrogens is 2. The Morgan fingerprint density at radius 1 is 1.35 bits per heavy atom. The van der Waals surface area contributed by atoms with Gasteiger partial charge in [-0.05, 0) is 30.6 Å². The van der Waals surface area contributed by atoms with Crippen LogP contribution in [0.5, 0.6) is 0 Å². The summed E-state index contributed by atoms with van der Waals surface area (Å²) in [6, 6.07) is 9.86. The fraction of sp³-hybridized carbons (Fsp3) is 0.353. The number of H-pyrrole nitrogens is 1. The molecule has 120 valence electrons. The molecule has 0 amide bonds. The zero-order valence-corrected chi connectivity index (χ0v) is 14.9. The quantitative estimate of drug-likeness (QED) is 0.460. The van der Waals surface area contributed by atoms with E-state index in [1.165, 1.54) is 31.0 Å². The molecule has 0 aliphatic carbocycles. The van der Waals surface area contributed by atoms with E-state index in [9.17, 15) is 10.1 Å². The number of aromatic amines is 1. The van der Waals surface area contributed by atoms with Crippen molar-refractivity contribution < 1.29 is 0 Å². The molecule has 0 saturated carbocycles. The Hall–Kier alpha value is -1.71. The van der Waals surface area contributed by atoms with E-state index >= 15 is 0 Å². The van der Waals surface area contributed by atoms with Crippen LogP contribution < -0.4 is 5.56 Å². The van der Waals surface area contributed by atoms with E-state index in [-0.39, 0.29) is 11.1 Å². The fourth-order valence-corrected chi connectivity index (χ4v) is 3.48. The van der Waals surface area contributed by atoms with Gasteiger partial charge in [-0.2, -0.15) is 5.26 Å². The summed E-state index contributed by atoms with van der Waals surface area (Å²) in [6.07, 6.45) is 5.47. The summed E-state index contributed by atoms with van der Waals surface area (Å²) in [4.78, 5) is 20.2. The Balaban J connectivity index is 2.33. The highest BCUT2D eigenvalue weighted by atomic mass is 32.2. The van der Waals surface area contributed by atoms with Crippen LogP contribution >= 0.6 is 23.5 Å². The Bertz CT molecular complexity index is 765. The van der Waals surface area contributed by atoms with Gasteiger partial charge in [0.25, 0.3) is 5.56 Å². The Morgan fingerprint density at radius 2 is 2.17 bits per heavy atom. The van der Waals surface area contributed by atoms with Gasteiger partial charge in [-0.3, -0.25) is 4.79 Å². The lowest BCUT2D eigenvalue weighted by Gasteiger charge is -2.07. The predicted octanol–water partition coefficient (Wildman–Crippen LogP) is 4.31. The van der Waals surface area contributed by atoms with Crippen LogP contribution in [0.1, 0.15) is 31.7 Å². The highest BCUT2D eigenvalue weighted by Gasteiger charge is 2.13. The molecule has 2 rings (SSSR count). The number of thioether (sulfide) groups is 2. The monoisotopic (exact) mass is 345 g/mol. The highest BCUT2D eigenvalue weighted by molar-refractivity contribution is 7.99. The molecule has 0 fully saturated rings. The van der Waals surface area contributed by atoms with Gasteiger partial charge >= 0.3 is 0 Å². The van der Waals surface area contributed by atoms with Gasteiger partial charge in [0.2, 0.25) is 0 Å². The molecule has 0 spiro atoms. The van der Waals surface area contributed by atoms with Crippen LogP contribution in [0.2, 0.25) is 0 Å². The third-order valence-corrected chi connectivity index (χ3v) is 4.99. The number of hydrogen-bond donors (Lipinski definition) is 1. The molecule has 1 heterocycles. The summed E-state index contributed by atoms with van der Waals surface area (Å²) in [7, 11) is 0. The first-order valence-corrected chi connectivity index (χ1v) is 9.72. The lowest BCUT2D eigenvalue weighted by molar-refractivity contribution is 0.778. The summed E-state index contributed by atoms with van der Waals surface area (Å²) < 4.78 is 0. The third-order valence-electron chi connectivity index (χ3n) is 3.33. The largest absolute Gasteiger partial charge is 0.300 e. The maximum Gasteiger partial charge on any atom is 0.270 e. The molecule has 23 heavy (non-hydrogen) atoms. The molecule has 0 atom stereocenters. The van der Waals surface area contributed by atoms with Gasteiger partial charge in [0.1, 0.15) is 11.6 Å². The molecular formula is C17H19N3OS2. The van der Waals surface area contributed by atoms with Crippen molar-refractivity contribution in [2.24, 2.45) is 0 Å². The molecule has 2 aromatic rings. The molecule has 0 unspecified atom stereocenters. The molecule has 1 aromatic heterocycles. The molecule has 0 aliphatic rings. The van der Waals surface area contributed by atoms with Gasteiger partial charge < -0.3 is 4.98 Å². The molecular weight excluding hydrogens is 326 g/mol. The summed E-state index contributed by atoms with van der Waals surface area (Å²) >= 11 is 3.15. The second-order valence-corrected chi connectivity index (χ2v) is 6.96. The van der Waals surface area contributed by atoms with E-state index in [2.05, 4.69) is 23.0 Å². The number of nitriles is 1. The third kappa shape index (κ3) is 4.63. The van der Waals surface area contributed by atoms with Crippen LogP contribution in [-0.4, -0.2) is 22.0 Å². The van der Waals surface area contributed by atoms with Crippen LogP contribution in [0.25, 0.3) is 11.3 Å². The molecule has 0 radical (unpaired) electrons. The van der Waals surface area contributed by atoms with E-state index in [0.717, 1.165) is 16.2 Å². The second-order valence-electron chi connectivity index (χ2n) is 4.99. The minimum Gasteiger partial charge on any atom is -0.300 e. The summed E-state index contributed by atoms with van der Waals surface area (Å²) in [5.41, 5.74) is 0.943. The van der Waals surface area contributed by atoms with Crippen LogP contribution in [0.3, 0.4) is 0 Å². The zero-order chi connectivity index (χ0) is 16.7. The summed E-state index contributed by atoms with van der Waals surface area (Å²) in [5.74, 6) is 1.07. The number of rotatable bonds is 7. The molecule has 1 aromatic carbocycles. The Kier molecular flexibility index (Phi) is 6.75. The van der Waals surface area contributed by atoms with Crippen molar-refractivity contribution in [2.45, 2.75) is 36.2 Å². The first kappa shape index (κ1) is 17.6. The predicted molar refractivity (Wildman–Crippen MR) is 97.0 cm³/mol. The van der Waals surface area contributed by atoms with E-state index in [1.807, 2.05) is 30.5 Å². The van der Waals surface area contributed by atoms with E-state index < -0.39 is 0 Å². The SMILES string of the molecule is CCCCCSc1cccc(-c2nc(SC)[nH]c(=O)c2C#N)c1. The Morgan fingerprint density at radius 3 is 2.87 bits per heavy atom. The van der Waals surface area contributed by atoms with E-state index in [4.69, 9.17) is 0 Å². The van der Waals surface area contributed by atoms with Crippen LogP contribution in [-0.2, 0) is 0 Å². The topological polar surface area (TPSA) is 69.5 Å². The average Bonchev–Trinajstić information content (AvgIpc) is 2.58. The maximum atomic E-state index is 12.0. The van der Waals surface area contributed by atoms with Gasteiger partial charge in [-0.15, -0.1) is 11.8 Å². The van der Waals surface area contributed by atoms with E-state index in [0.29, 0.717) is 10.9 Å². The minimum atomic E-state index is -0.386. The smallest absolute Gasteiger partial charge is 0.270 e. The lowest BCUT2D eigenvalue weighted by Crippen LogP contribution is -2.14. The van der Waals surface area contributed by atoms with Crippen molar-refractivity contribution in [1.29, 1.82) is 5.26 Å². The van der Waals surface area contributed by atoms with Gasteiger partial charge in [0.15, 0.2) is 5.16 Å². The molecule has 1 N–H and O–H groups in total. The van der Waals surface area contributed by atoms with Crippen molar-refractivity contribution in [3.05, 3.63) is 40.2 Å². The number of unbranched alkanes of at least 4 members (excludes halogenated alkanes) is 2. The molecule has 6 heteroatoms. The van der Waals surface area contributed by atoms with Crippen molar-refractivity contribution in [3.8, 4) is 17.3 Å². The van der Waals surface area contributed by atoms with Crippen LogP contribution in [0.15, 0.2) is 39.1 Å². The van der Waals surface area contributed by atoms with Gasteiger partial charge in [0.05, 0.1) is 5.69 Å². The van der Waals surface area contributed by atoms with Crippen molar-refractivity contribution in [2.75, 3.05) is 12.0 Å². The zero-order valence-electron chi connectivity index (χ0n) is 13.3. The first-order chi connectivity index (χ1) is 11.2. The normalized spacial score (nSPS) is 10.5. The van der Waals surface area contributed by atoms with Crippen LogP contribution in [0, 0.1) is 11.3 Å². The second kappa shape index (κ2) is 8.80. The van der Waals surface area contributed by atoms with Gasteiger partial charge in [-0.1, -0.05) is 43.7 Å². The molecule has 0 saturated heterocycles. The first-order valence-electron chi connectivity index (χ1n) is 7.51. The number of nitrogens with one attached hydrogen (secondary N) is 1. The fourth-order valence-electron chi connectivity index (χ4n) is 2.14. The maximum absolute atomic E-state index is 12.0. The summed E-state index contributed by atoms with van der Waals surface area (Å²) in [5, 5.41) is 9.79. The number of nitrogens with zero attached hydrogens (tertiary/aromatic N) is 2. The minimum absolute atomic E-state index is 0.0657. The molecule has 0 aliphatic heterocycles. The highest BCUT2D eigenvalue weighted by Crippen LogP contribution is 2.27. The van der Waals surface area contributed by atoms with Crippen molar-refractivity contribution in [3.63, 3.8) is 0 Å².